The van der Waals surface area contributed by atoms with Crippen molar-refractivity contribution in [2.75, 3.05) is 6.54 Å². The number of carbonyl (C=O) groups is 1. The summed E-state index contributed by atoms with van der Waals surface area (Å²) in [7, 11) is 0. The van der Waals surface area contributed by atoms with E-state index >= 15 is 0 Å². The Hall–Kier alpha value is -3.04. The van der Waals surface area contributed by atoms with Gasteiger partial charge in [-0.15, -0.1) is 6.42 Å². The Morgan fingerprint density at radius 2 is 2.04 bits per heavy atom. The molecule has 0 aliphatic rings. The lowest BCUT2D eigenvalue weighted by Crippen LogP contribution is -2.39. The van der Waals surface area contributed by atoms with Crippen LogP contribution in [0.5, 0.6) is 0 Å². The first-order valence-corrected chi connectivity index (χ1v) is 8.27. The summed E-state index contributed by atoms with van der Waals surface area (Å²) in [5.41, 5.74) is 2.23. The molecule has 0 bridgehead atoms. The first kappa shape index (κ1) is 17.8. The summed E-state index contributed by atoms with van der Waals surface area (Å²) in [5.74, 6) is 2.14. The van der Waals surface area contributed by atoms with Gasteiger partial charge in [0.25, 0.3) is 0 Å². The predicted octanol–water partition coefficient (Wildman–Crippen LogP) is 3.47. The van der Waals surface area contributed by atoms with Crippen molar-refractivity contribution in [2.24, 2.45) is 0 Å². The van der Waals surface area contributed by atoms with Crippen LogP contribution in [0.4, 0.5) is 9.18 Å². The van der Waals surface area contributed by atoms with Crippen molar-refractivity contribution in [2.45, 2.75) is 13.1 Å². The van der Waals surface area contributed by atoms with E-state index in [2.05, 4.69) is 16.2 Å². The van der Waals surface area contributed by atoms with E-state index in [0.717, 1.165) is 11.2 Å². The largest absolute Gasteiger partial charge is 0.332 e. The van der Waals surface area contributed by atoms with E-state index in [0.29, 0.717) is 10.7 Å². The van der Waals surface area contributed by atoms with Gasteiger partial charge in [-0.2, -0.15) is 0 Å². The van der Waals surface area contributed by atoms with Crippen LogP contribution in [0.15, 0.2) is 48.8 Å². The number of aromatic nitrogens is 2. The molecule has 2 heterocycles. The van der Waals surface area contributed by atoms with Crippen LogP contribution in [0.1, 0.15) is 11.3 Å². The normalized spacial score (nSPS) is 10.5. The van der Waals surface area contributed by atoms with E-state index in [4.69, 9.17) is 18.0 Å². The maximum Gasteiger partial charge on any atom is 0.318 e. The Bertz CT molecular complexity index is 962. The van der Waals surface area contributed by atoms with Crippen LogP contribution < -0.4 is 5.32 Å². The molecule has 2 aromatic heterocycles. The average molecular weight is 371 g/mol. The fourth-order valence-electron chi connectivity index (χ4n) is 2.50. The number of nitrogens with zero attached hydrogens (tertiary/aromatic N) is 3. The number of rotatable bonds is 5. The molecule has 0 aliphatic carbocycles. The first-order valence-electron chi connectivity index (χ1n) is 7.89. The van der Waals surface area contributed by atoms with Crippen molar-refractivity contribution in [1.82, 2.24) is 19.6 Å². The van der Waals surface area contributed by atoms with Gasteiger partial charge in [0.2, 0.25) is 0 Å². The minimum Gasteiger partial charge on any atom is -0.332 e. The summed E-state index contributed by atoms with van der Waals surface area (Å²) >= 11 is 5.95. The quantitative estimate of drug-likeness (QED) is 0.699. The van der Waals surface area contributed by atoms with Gasteiger partial charge in [-0.05, 0) is 29.8 Å². The molecule has 3 aromatic rings. The molecule has 7 heteroatoms. The molecule has 1 aromatic carbocycles. The van der Waals surface area contributed by atoms with E-state index in [-0.39, 0.29) is 31.5 Å². The third kappa shape index (κ3) is 4.32. The second-order valence-electron chi connectivity index (χ2n) is 5.69. The number of hydrogen-bond acceptors (Lipinski definition) is 2. The summed E-state index contributed by atoms with van der Waals surface area (Å²) in [4.78, 5) is 18.3. The fraction of sp³-hybridized carbons (Fsp3) is 0.158. The van der Waals surface area contributed by atoms with Crippen molar-refractivity contribution in [3.63, 3.8) is 0 Å². The first-order chi connectivity index (χ1) is 12.5. The van der Waals surface area contributed by atoms with E-state index < -0.39 is 0 Å². The summed E-state index contributed by atoms with van der Waals surface area (Å²) in [6.45, 7) is 0.684. The van der Waals surface area contributed by atoms with E-state index in [1.54, 1.807) is 41.1 Å². The minimum atomic E-state index is -0.325. The Balaban J connectivity index is 1.65. The number of benzene rings is 1. The van der Waals surface area contributed by atoms with Crippen LogP contribution in [0.2, 0.25) is 5.02 Å². The molecular formula is C19H16ClFN4O. The maximum absolute atomic E-state index is 13.0. The Kier molecular flexibility index (Phi) is 5.40. The lowest BCUT2D eigenvalue weighted by Gasteiger charge is -2.20. The molecule has 0 saturated carbocycles. The van der Waals surface area contributed by atoms with Crippen molar-refractivity contribution < 1.29 is 9.18 Å². The molecule has 0 radical (unpaired) electrons. The van der Waals surface area contributed by atoms with Gasteiger partial charge in [0.15, 0.2) is 0 Å². The number of imidazole rings is 1. The topological polar surface area (TPSA) is 49.6 Å². The molecule has 1 N–H and O–H groups in total. The molecule has 0 saturated heterocycles. The van der Waals surface area contributed by atoms with Crippen LogP contribution in [0.3, 0.4) is 0 Å². The molecule has 0 spiro atoms. The van der Waals surface area contributed by atoms with Gasteiger partial charge in [0.05, 0.1) is 23.8 Å². The van der Waals surface area contributed by atoms with Gasteiger partial charge in [-0.3, -0.25) is 0 Å². The molecule has 0 atom stereocenters. The zero-order valence-corrected chi connectivity index (χ0v) is 14.6. The molecule has 0 fully saturated rings. The van der Waals surface area contributed by atoms with Crippen LogP contribution in [-0.4, -0.2) is 26.9 Å². The molecular weight excluding hydrogens is 355 g/mol. The number of fused-ring (bicyclic) bond motifs is 1. The van der Waals surface area contributed by atoms with Crippen molar-refractivity contribution >= 4 is 23.3 Å². The smallest absolute Gasteiger partial charge is 0.318 e. The molecule has 5 nitrogen and oxygen atoms in total. The number of terminal acetylenes is 1. The lowest BCUT2D eigenvalue weighted by atomic mass is 10.2. The van der Waals surface area contributed by atoms with Crippen LogP contribution >= 0.6 is 11.6 Å². The predicted molar refractivity (Wildman–Crippen MR) is 98.1 cm³/mol. The third-order valence-electron chi connectivity index (χ3n) is 3.74. The number of pyridine rings is 1. The summed E-state index contributed by atoms with van der Waals surface area (Å²) < 4.78 is 14.8. The molecule has 132 valence electrons. The van der Waals surface area contributed by atoms with Crippen molar-refractivity contribution in [3.8, 4) is 12.3 Å². The number of amides is 2. The number of urea groups is 1. The number of hydrogen-bond donors (Lipinski definition) is 1. The van der Waals surface area contributed by atoms with Gasteiger partial charge in [0, 0.05) is 18.9 Å². The highest BCUT2D eigenvalue weighted by molar-refractivity contribution is 6.30. The summed E-state index contributed by atoms with van der Waals surface area (Å²) in [6.07, 6.45) is 8.90. The summed E-state index contributed by atoms with van der Waals surface area (Å²) in [5, 5.41) is 3.40. The zero-order valence-electron chi connectivity index (χ0n) is 13.8. The molecule has 3 rings (SSSR count). The molecule has 0 aliphatic heterocycles. The highest BCUT2D eigenvalue weighted by Crippen LogP contribution is 2.12. The lowest BCUT2D eigenvalue weighted by molar-refractivity contribution is 0.201. The van der Waals surface area contributed by atoms with E-state index in [9.17, 15) is 9.18 Å². The van der Waals surface area contributed by atoms with Crippen molar-refractivity contribution in [3.05, 3.63) is 70.9 Å². The highest BCUT2D eigenvalue weighted by Gasteiger charge is 2.13. The molecule has 26 heavy (non-hydrogen) atoms. The average Bonchev–Trinajstić information content (AvgIpc) is 3.03. The van der Waals surface area contributed by atoms with E-state index in [1.807, 2.05) is 0 Å². The standard InChI is InChI=1S/C19H16ClFN4O/c1-2-9-24(11-14-3-6-16(21)7-4-14)19(26)22-10-17-13-25-12-15(20)5-8-18(25)23-17/h1,3-8,12-13H,9-11H2,(H,22,26). The van der Waals surface area contributed by atoms with Crippen LogP contribution in [-0.2, 0) is 13.1 Å². The minimum absolute atomic E-state index is 0.143. The SMILES string of the molecule is C#CCN(Cc1ccc(F)cc1)C(=O)NCc1cn2cc(Cl)ccc2n1. The Labute approximate surface area is 155 Å². The number of halogens is 2. The highest BCUT2D eigenvalue weighted by atomic mass is 35.5. The number of nitrogens with one attached hydrogen (secondary N) is 1. The maximum atomic E-state index is 13.0. The molecule has 0 unspecified atom stereocenters. The van der Waals surface area contributed by atoms with Gasteiger partial charge in [-0.25, -0.2) is 14.2 Å². The second-order valence-corrected chi connectivity index (χ2v) is 6.13. The molecule has 2 amide bonds. The van der Waals surface area contributed by atoms with Crippen LogP contribution in [0.25, 0.3) is 5.65 Å². The zero-order chi connectivity index (χ0) is 18.5. The third-order valence-corrected chi connectivity index (χ3v) is 3.97. The van der Waals surface area contributed by atoms with Gasteiger partial charge < -0.3 is 14.6 Å². The van der Waals surface area contributed by atoms with Gasteiger partial charge in [-0.1, -0.05) is 29.7 Å². The van der Waals surface area contributed by atoms with E-state index in [1.165, 1.54) is 17.0 Å². The van der Waals surface area contributed by atoms with Gasteiger partial charge in [0.1, 0.15) is 11.5 Å². The monoisotopic (exact) mass is 370 g/mol. The fourth-order valence-corrected chi connectivity index (χ4v) is 2.67. The Morgan fingerprint density at radius 1 is 1.27 bits per heavy atom. The summed E-state index contributed by atoms with van der Waals surface area (Å²) in [6, 6.07) is 9.18. The van der Waals surface area contributed by atoms with Crippen molar-refractivity contribution in [1.29, 1.82) is 0 Å². The van der Waals surface area contributed by atoms with Gasteiger partial charge >= 0.3 is 6.03 Å². The Morgan fingerprint density at radius 3 is 2.77 bits per heavy atom. The number of carbonyl (C=O) groups excluding carboxylic acids is 1. The second kappa shape index (κ2) is 7.89. The van der Waals surface area contributed by atoms with Crippen LogP contribution in [0, 0.1) is 18.2 Å².